The first kappa shape index (κ1) is 37.3. The summed E-state index contributed by atoms with van der Waals surface area (Å²) in [5, 5.41) is 12.7. The average Bonchev–Trinajstić information content (AvgIpc) is 3.19. The lowest BCUT2D eigenvalue weighted by Gasteiger charge is -2.65. The highest BCUT2D eigenvalue weighted by Gasteiger charge is 2.86. The van der Waals surface area contributed by atoms with Crippen LogP contribution in [-0.2, 0) is 47.6 Å². The molecule has 1 aromatic rings. The largest absolute Gasteiger partial charge is 0.465 e. The second-order valence-electron chi connectivity index (χ2n) is 14.3. The predicted molar refractivity (Wildman–Crippen MR) is 170 cm³/mol. The van der Waals surface area contributed by atoms with Crippen molar-refractivity contribution in [2.75, 3.05) is 6.61 Å². The normalized spacial score (nSPS) is 34.5. The van der Waals surface area contributed by atoms with Gasteiger partial charge in [0, 0.05) is 26.2 Å². The molecule has 10 atom stereocenters. The molecule has 0 aromatic heterocycles. The summed E-state index contributed by atoms with van der Waals surface area (Å²) in [6.07, 6.45) is -4.71. The summed E-state index contributed by atoms with van der Waals surface area (Å²) in [4.78, 5) is 66.4. The van der Waals surface area contributed by atoms with E-state index in [-0.39, 0.29) is 18.4 Å². The maximum Gasteiger partial charge on any atom is 0.338 e. The number of carbonyl (C=O) groups is 5. The molecule has 3 fully saturated rings. The van der Waals surface area contributed by atoms with Crippen LogP contribution in [0, 0.1) is 23.2 Å². The van der Waals surface area contributed by atoms with Gasteiger partial charge in [0.15, 0.2) is 11.7 Å². The highest BCUT2D eigenvalue weighted by atomic mass is 16.6. The highest BCUT2D eigenvalue weighted by molar-refractivity contribution is 5.89. The van der Waals surface area contributed by atoms with Crippen LogP contribution in [0.2, 0.25) is 0 Å². The van der Waals surface area contributed by atoms with Gasteiger partial charge in [-0.05, 0) is 52.2 Å². The first-order valence-corrected chi connectivity index (χ1v) is 16.8. The van der Waals surface area contributed by atoms with Crippen LogP contribution in [0.5, 0.6) is 0 Å². The van der Waals surface area contributed by atoms with Gasteiger partial charge in [-0.25, -0.2) is 4.79 Å². The third-order valence-corrected chi connectivity index (χ3v) is 10.7. The van der Waals surface area contributed by atoms with Crippen LogP contribution in [0.4, 0.5) is 0 Å². The predicted octanol–water partition coefficient (Wildman–Crippen LogP) is 4.33. The molecular weight excluding hydrogens is 624 g/mol. The zero-order valence-corrected chi connectivity index (χ0v) is 29.4. The maximum atomic E-state index is 13.8. The number of hydrogen-bond acceptors (Lipinski definition) is 12. The highest BCUT2D eigenvalue weighted by Crippen LogP contribution is 2.69. The van der Waals surface area contributed by atoms with Gasteiger partial charge in [-0.2, -0.15) is 0 Å². The van der Waals surface area contributed by atoms with E-state index in [0.29, 0.717) is 12.8 Å². The molecule has 2 saturated carbocycles. The Morgan fingerprint density at radius 1 is 0.854 bits per heavy atom. The second kappa shape index (κ2) is 13.8. The van der Waals surface area contributed by atoms with Crippen LogP contribution >= 0.6 is 0 Å². The van der Waals surface area contributed by atoms with Gasteiger partial charge < -0.3 is 33.5 Å². The van der Waals surface area contributed by atoms with Gasteiger partial charge >= 0.3 is 29.8 Å². The lowest BCUT2D eigenvalue weighted by Crippen LogP contribution is -2.83. The maximum absolute atomic E-state index is 13.8. The molecule has 12 nitrogen and oxygen atoms in total. The molecule has 1 heterocycles. The Morgan fingerprint density at radius 3 is 1.98 bits per heavy atom. The molecule has 1 saturated heterocycles. The van der Waals surface area contributed by atoms with Crippen molar-refractivity contribution in [2.24, 2.45) is 23.2 Å². The van der Waals surface area contributed by atoms with Crippen LogP contribution < -0.4 is 0 Å². The zero-order chi connectivity index (χ0) is 35.8. The third kappa shape index (κ3) is 6.33. The molecule has 0 amide bonds. The minimum Gasteiger partial charge on any atom is -0.465 e. The molecule has 12 heteroatoms. The van der Waals surface area contributed by atoms with E-state index in [1.54, 1.807) is 58.0 Å². The Hall–Kier alpha value is -3.51. The quantitative estimate of drug-likeness (QED) is 0.262. The molecule has 1 spiro atoms. The number of aliphatic hydroxyl groups is 1. The Bertz CT molecular complexity index is 1390. The molecule has 4 rings (SSSR count). The molecule has 48 heavy (non-hydrogen) atoms. The molecule has 2 aliphatic carbocycles. The summed E-state index contributed by atoms with van der Waals surface area (Å²) < 4.78 is 37.4. The van der Waals surface area contributed by atoms with Crippen molar-refractivity contribution < 1.29 is 57.5 Å². The van der Waals surface area contributed by atoms with Gasteiger partial charge in [-0.1, -0.05) is 45.9 Å². The second-order valence-corrected chi connectivity index (χ2v) is 14.3. The van der Waals surface area contributed by atoms with E-state index in [9.17, 15) is 29.1 Å². The van der Waals surface area contributed by atoms with E-state index >= 15 is 0 Å². The molecule has 3 aliphatic rings. The topological polar surface area (TPSA) is 161 Å². The van der Waals surface area contributed by atoms with Gasteiger partial charge in [0.05, 0.1) is 28.6 Å². The van der Waals surface area contributed by atoms with E-state index in [1.807, 2.05) is 13.8 Å². The summed E-state index contributed by atoms with van der Waals surface area (Å²) in [7, 11) is 0. The fraction of sp³-hybridized carbons (Fsp3) is 0.694. The Morgan fingerprint density at radius 2 is 1.44 bits per heavy atom. The minimum absolute atomic E-state index is 0.00791. The van der Waals surface area contributed by atoms with Crippen molar-refractivity contribution in [3.05, 3.63) is 35.9 Å². The van der Waals surface area contributed by atoms with Crippen molar-refractivity contribution in [3.8, 4) is 0 Å². The molecule has 266 valence electrons. The average molecular weight is 675 g/mol. The van der Waals surface area contributed by atoms with Crippen molar-refractivity contribution in [2.45, 2.75) is 129 Å². The fourth-order valence-corrected chi connectivity index (χ4v) is 7.83. The molecule has 1 N–H and O–H groups in total. The number of ether oxygens (including phenoxy) is 6. The van der Waals surface area contributed by atoms with Crippen LogP contribution in [-0.4, -0.2) is 82.8 Å². The van der Waals surface area contributed by atoms with Gasteiger partial charge in [0.25, 0.3) is 0 Å². The lowest BCUT2D eigenvalue weighted by molar-refractivity contribution is -0.356. The zero-order valence-electron chi connectivity index (χ0n) is 29.4. The van der Waals surface area contributed by atoms with Gasteiger partial charge in [0.1, 0.15) is 30.3 Å². The van der Waals surface area contributed by atoms with Crippen molar-refractivity contribution in [1.82, 2.24) is 0 Å². The van der Waals surface area contributed by atoms with E-state index < -0.39 is 101 Å². The number of esters is 5. The number of hydrogen-bond donors (Lipinski definition) is 1. The summed E-state index contributed by atoms with van der Waals surface area (Å²) >= 11 is 0. The van der Waals surface area contributed by atoms with Crippen molar-refractivity contribution in [1.29, 1.82) is 0 Å². The molecule has 0 radical (unpaired) electrons. The first-order valence-electron chi connectivity index (χ1n) is 16.8. The van der Waals surface area contributed by atoms with E-state index in [4.69, 9.17) is 28.4 Å². The monoisotopic (exact) mass is 674 g/mol. The Balaban J connectivity index is 2.07. The van der Waals surface area contributed by atoms with E-state index in [2.05, 4.69) is 0 Å². The minimum atomic E-state index is -2.01. The van der Waals surface area contributed by atoms with Gasteiger partial charge in [0.2, 0.25) is 0 Å². The standard InChI is InChI=1S/C36H50O12/c1-10-20(3)30(39)45-26-18-34(9,42)36-28(44-23(6)38)25(33(7,8)48-36)17-27(46-32(41)24-15-13-12-14-16-24)35(36,19-43-22(5)37)29(26)47-31(40)21(4)11-2/h12-16,20-21,25-29,42H,10-11,17-19H2,1-9H3/t20-,21-,25+,26-,27-,28+,29-,34-,35+,36-/m0/s1. The lowest BCUT2D eigenvalue weighted by atomic mass is 9.46. The van der Waals surface area contributed by atoms with Crippen molar-refractivity contribution >= 4 is 29.8 Å². The smallest absolute Gasteiger partial charge is 0.338 e. The number of fused-ring (bicyclic) bond motifs is 1. The summed E-state index contributed by atoms with van der Waals surface area (Å²) in [6.45, 7) is 13.8. The third-order valence-electron chi connectivity index (χ3n) is 10.7. The molecular formula is C36H50O12. The molecule has 1 aliphatic heterocycles. The fourth-order valence-electron chi connectivity index (χ4n) is 7.83. The van der Waals surface area contributed by atoms with Gasteiger partial charge in [-0.15, -0.1) is 0 Å². The molecule has 2 bridgehead atoms. The van der Waals surface area contributed by atoms with Crippen LogP contribution in [0.1, 0.15) is 98.4 Å². The first-order chi connectivity index (χ1) is 22.4. The Kier molecular flexibility index (Phi) is 10.7. The van der Waals surface area contributed by atoms with Gasteiger partial charge in [-0.3, -0.25) is 19.2 Å². The van der Waals surface area contributed by atoms with Crippen molar-refractivity contribution in [3.63, 3.8) is 0 Å². The summed E-state index contributed by atoms with van der Waals surface area (Å²) in [6, 6.07) is 8.24. The molecule has 1 aromatic carbocycles. The Labute approximate surface area is 282 Å². The van der Waals surface area contributed by atoms with Crippen LogP contribution in [0.25, 0.3) is 0 Å². The number of benzene rings is 1. The van der Waals surface area contributed by atoms with E-state index in [1.165, 1.54) is 20.8 Å². The van der Waals surface area contributed by atoms with Crippen LogP contribution in [0.3, 0.4) is 0 Å². The molecule has 0 unspecified atom stereocenters. The summed E-state index contributed by atoms with van der Waals surface area (Å²) in [5.74, 6) is -5.16. The van der Waals surface area contributed by atoms with Crippen LogP contribution in [0.15, 0.2) is 30.3 Å². The number of carbonyl (C=O) groups excluding carboxylic acids is 5. The summed E-state index contributed by atoms with van der Waals surface area (Å²) in [5.41, 5.74) is -6.85. The van der Waals surface area contributed by atoms with E-state index in [0.717, 1.165) is 0 Å². The SMILES string of the molecule is CC[C@H](C)C(=O)O[C@H]1C[C@](C)(O)[C@]23OC(C)(C)[C@H](C[C@H](OC(=O)c4ccccc4)[C@]2(COC(C)=O)[C@H]1OC(=O)[C@@H](C)CC)[C@H]3OC(C)=O. The number of rotatable bonds is 11.